The van der Waals surface area contributed by atoms with Gasteiger partial charge in [-0.05, 0) is 68.1 Å². The normalized spacial score (nSPS) is 11.8. The Morgan fingerprint density at radius 1 is 0.375 bits per heavy atom. The Labute approximate surface area is 281 Å². The fourth-order valence-electron chi connectivity index (χ4n) is 7.49. The van der Waals surface area contributed by atoms with E-state index in [-0.39, 0.29) is 0 Å². The van der Waals surface area contributed by atoms with Gasteiger partial charge in [0, 0.05) is 41.7 Å². The van der Waals surface area contributed by atoms with Gasteiger partial charge < -0.3 is 4.42 Å². The maximum atomic E-state index is 6.88. The Bertz CT molecular complexity index is 2960. The van der Waals surface area contributed by atoms with E-state index in [2.05, 4.69) is 170 Å². The second-order valence-corrected chi connectivity index (χ2v) is 13.5. The van der Waals surface area contributed by atoms with E-state index in [4.69, 9.17) is 4.42 Å². The Kier molecular flexibility index (Phi) is 6.12. The first-order valence-corrected chi connectivity index (χ1v) is 17.2. The van der Waals surface area contributed by atoms with Gasteiger partial charge in [0.1, 0.15) is 11.2 Å². The van der Waals surface area contributed by atoms with Crippen LogP contribution in [0.5, 0.6) is 0 Å². The van der Waals surface area contributed by atoms with Gasteiger partial charge in [-0.15, -0.1) is 11.3 Å². The molecule has 0 amide bonds. The van der Waals surface area contributed by atoms with Crippen LogP contribution in [-0.4, -0.2) is 0 Å². The third kappa shape index (κ3) is 4.17. The smallest absolute Gasteiger partial charge is 0.143 e. The second-order valence-electron chi connectivity index (χ2n) is 12.4. The molecule has 0 spiro atoms. The van der Waals surface area contributed by atoms with Gasteiger partial charge in [-0.1, -0.05) is 146 Å². The van der Waals surface area contributed by atoms with E-state index in [0.717, 1.165) is 33.1 Å². The summed E-state index contributed by atoms with van der Waals surface area (Å²) < 4.78 is 9.50. The first kappa shape index (κ1) is 27.2. The second kappa shape index (κ2) is 10.8. The average Bonchev–Trinajstić information content (AvgIpc) is 3.72. The SMILES string of the molecule is c1cccc(-c2ccc3c(c2)oc2c4ccccc4c4sc5ccccc5c4c32)c2ccccc2c(-c2ccc3ccccc3c2)cc1. The number of fused-ring (bicyclic) bond motifs is 12. The van der Waals surface area contributed by atoms with Crippen molar-refractivity contribution in [3.63, 3.8) is 0 Å². The third-order valence-corrected chi connectivity index (χ3v) is 10.9. The van der Waals surface area contributed by atoms with Gasteiger partial charge >= 0.3 is 0 Å². The molecule has 0 atom stereocenters. The standard InChI is InChI=1S/C46H28OS/c1-2-4-16-34(36-18-8-7-17-35(36)33(15-3-1)31-24-23-29-13-5-6-14-30(29)27-31)32-25-26-39-41(28-32)47-45-37-19-9-10-20-38(37)46-44(43(39)45)40-21-11-12-22-42(40)48-46/h1-28H. The minimum absolute atomic E-state index is 0.903. The van der Waals surface area contributed by atoms with Gasteiger partial charge in [0.25, 0.3) is 0 Å². The summed E-state index contributed by atoms with van der Waals surface area (Å²) in [5.74, 6) is 0. The van der Waals surface area contributed by atoms with Crippen LogP contribution in [0.15, 0.2) is 174 Å². The molecule has 0 aliphatic rings. The van der Waals surface area contributed by atoms with E-state index >= 15 is 0 Å². The molecule has 0 radical (unpaired) electrons. The van der Waals surface area contributed by atoms with Crippen LogP contribution in [0.25, 0.3) is 96.7 Å². The molecule has 0 aliphatic heterocycles. The number of thiophene rings is 1. The number of hydrogen-bond acceptors (Lipinski definition) is 2. The van der Waals surface area contributed by atoms with E-state index in [0.29, 0.717) is 0 Å². The van der Waals surface area contributed by atoms with Crippen LogP contribution in [0, 0.1) is 0 Å². The molecule has 0 bridgehead atoms. The van der Waals surface area contributed by atoms with Crippen LogP contribution < -0.4 is 0 Å². The summed E-state index contributed by atoms with van der Waals surface area (Å²) in [4.78, 5) is 0. The first-order chi connectivity index (χ1) is 23.8. The van der Waals surface area contributed by atoms with Crippen LogP contribution in [0.1, 0.15) is 0 Å². The van der Waals surface area contributed by atoms with Crippen molar-refractivity contribution in [2.24, 2.45) is 0 Å². The Morgan fingerprint density at radius 3 is 1.73 bits per heavy atom. The van der Waals surface area contributed by atoms with Crippen molar-refractivity contribution in [3.8, 4) is 22.3 Å². The quantitative estimate of drug-likeness (QED) is 0.186. The summed E-state index contributed by atoms with van der Waals surface area (Å²) >= 11 is 1.87. The van der Waals surface area contributed by atoms with Gasteiger partial charge in [-0.3, -0.25) is 0 Å². The van der Waals surface area contributed by atoms with E-state index in [9.17, 15) is 0 Å². The summed E-state index contributed by atoms with van der Waals surface area (Å²) in [6.07, 6.45) is 0. The predicted molar refractivity (Wildman–Crippen MR) is 208 cm³/mol. The predicted octanol–water partition coefficient (Wildman–Crippen LogP) is 13.9. The molecular weight excluding hydrogens is 601 g/mol. The monoisotopic (exact) mass is 628 g/mol. The van der Waals surface area contributed by atoms with Gasteiger partial charge in [0.2, 0.25) is 0 Å². The van der Waals surface area contributed by atoms with Crippen molar-refractivity contribution in [1.29, 1.82) is 0 Å². The highest BCUT2D eigenvalue weighted by atomic mass is 32.1. The van der Waals surface area contributed by atoms with Gasteiger partial charge in [0.15, 0.2) is 0 Å². The summed E-state index contributed by atoms with van der Waals surface area (Å²) in [5.41, 5.74) is 6.53. The molecule has 0 saturated carbocycles. The number of hydrogen-bond donors (Lipinski definition) is 0. The largest absolute Gasteiger partial charge is 0.455 e. The van der Waals surface area contributed by atoms with Crippen molar-refractivity contribution >= 4 is 85.8 Å². The molecule has 0 aliphatic carbocycles. The Hall–Kier alpha value is -5.96. The lowest BCUT2D eigenvalue weighted by Gasteiger charge is -2.10. The third-order valence-electron chi connectivity index (χ3n) is 9.69. The highest BCUT2D eigenvalue weighted by Crippen LogP contribution is 2.47. The molecule has 2 heterocycles. The molecular formula is C46H28OS. The topological polar surface area (TPSA) is 13.1 Å². The van der Waals surface area contributed by atoms with Crippen molar-refractivity contribution in [2.75, 3.05) is 0 Å². The summed E-state index contributed by atoms with van der Waals surface area (Å²) in [6, 6.07) is 61.2. The van der Waals surface area contributed by atoms with Crippen molar-refractivity contribution in [1.82, 2.24) is 0 Å². The highest BCUT2D eigenvalue weighted by molar-refractivity contribution is 7.27. The lowest BCUT2D eigenvalue weighted by Crippen LogP contribution is -1.84. The van der Waals surface area contributed by atoms with Gasteiger partial charge in [-0.25, -0.2) is 0 Å². The maximum absolute atomic E-state index is 6.88. The number of furan rings is 1. The molecule has 10 rings (SSSR count). The maximum Gasteiger partial charge on any atom is 0.143 e. The molecule has 8 aromatic carbocycles. The van der Waals surface area contributed by atoms with Crippen molar-refractivity contribution < 1.29 is 4.42 Å². The lowest BCUT2D eigenvalue weighted by molar-refractivity contribution is 0.673. The van der Waals surface area contributed by atoms with E-state index < -0.39 is 0 Å². The zero-order valence-electron chi connectivity index (χ0n) is 26.0. The minimum Gasteiger partial charge on any atom is -0.455 e. The van der Waals surface area contributed by atoms with Gasteiger partial charge in [0.05, 0.1) is 0 Å². The van der Waals surface area contributed by atoms with Gasteiger partial charge in [-0.2, -0.15) is 0 Å². The van der Waals surface area contributed by atoms with E-state index in [1.54, 1.807) is 0 Å². The first-order valence-electron chi connectivity index (χ1n) is 16.3. The average molecular weight is 629 g/mol. The minimum atomic E-state index is 0.903. The molecule has 10 aromatic rings. The lowest BCUT2D eigenvalue weighted by atomic mass is 9.94. The molecule has 2 aromatic heterocycles. The molecule has 0 unspecified atom stereocenters. The fourth-order valence-corrected chi connectivity index (χ4v) is 8.74. The van der Waals surface area contributed by atoms with E-state index in [1.165, 1.54) is 63.6 Å². The van der Waals surface area contributed by atoms with Crippen LogP contribution >= 0.6 is 11.3 Å². The Balaban J connectivity index is 1.27. The molecule has 2 heteroatoms. The fraction of sp³-hybridized carbons (Fsp3) is 0. The number of benzene rings is 7. The molecule has 48 heavy (non-hydrogen) atoms. The molecule has 224 valence electrons. The van der Waals surface area contributed by atoms with Crippen LogP contribution in [-0.2, 0) is 0 Å². The number of rotatable bonds is 2. The van der Waals surface area contributed by atoms with Crippen LogP contribution in [0.3, 0.4) is 0 Å². The van der Waals surface area contributed by atoms with Crippen LogP contribution in [0.4, 0.5) is 0 Å². The molecule has 1 nitrogen and oxygen atoms in total. The zero-order chi connectivity index (χ0) is 31.6. The van der Waals surface area contributed by atoms with Crippen molar-refractivity contribution in [2.45, 2.75) is 0 Å². The molecule has 0 fully saturated rings. The Morgan fingerprint density at radius 2 is 0.958 bits per heavy atom. The van der Waals surface area contributed by atoms with Crippen molar-refractivity contribution in [3.05, 3.63) is 170 Å². The molecule has 0 saturated heterocycles. The zero-order valence-corrected chi connectivity index (χ0v) is 26.8. The highest BCUT2D eigenvalue weighted by Gasteiger charge is 2.20. The van der Waals surface area contributed by atoms with E-state index in [1.807, 2.05) is 11.3 Å². The summed E-state index contributed by atoms with van der Waals surface area (Å²) in [7, 11) is 0. The summed E-state index contributed by atoms with van der Waals surface area (Å²) in [6.45, 7) is 0. The molecule has 0 N–H and O–H groups in total. The van der Waals surface area contributed by atoms with Crippen LogP contribution in [0.2, 0.25) is 0 Å². The summed E-state index contributed by atoms with van der Waals surface area (Å²) in [5, 5.41) is 12.2.